The summed E-state index contributed by atoms with van der Waals surface area (Å²) in [5, 5.41) is 21.4. The molecule has 4 nitrogen and oxygen atoms in total. The van der Waals surface area contributed by atoms with Crippen molar-refractivity contribution in [2.24, 2.45) is 11.8 Å². The first-order valence-electron chi connectivity index (χ1n) is 8.21. The van der Waals surface area contributed by atoms with Gasteiger partial charge in [-0.05, 0) is 43.1 Å². The smallest absolute Gasteiger partial charge is 0.166 e. The fourth-order valence-corrected chi connectivity index (χ4v) is 3.40. The van der Waals surface area contributed by atoms with Gasteiger partial charge in [-0.3, -0.25) is 0 Å². The third-order valence-electron chi connectivity index (χ3n) is 4.56. The first kappa shape index (κ1) is 15.8. The topological polar surface area (TPSA) is 61.6 Å². The minimum Gasteiger partial charge on any atom is -0.367 e. The molecule has 0 aliphatic heterocycles. The van der Waals surface area contributed by atoms with Gasteiger partial charge in [0.15, 0.2) is 5.82 Å². The molecule has 1 aliphatic rings. The van der Waals surface area contributed by atoms with E-state index in [0.29, 0.717) is 17.3 Å². The van der Waals surface area contributed by atoms with Gasteiger partial charge in [0, 0.05) is 6.54 Å². The highest BCUT2D eigenvalue weighted by Crippen LogP contribution is 2.29. The van der Waals surface area contributed by atoms with E-state index in [0.717, 1.165) is 36.6 Å². The van der Waals surface area contributed by atoms with E-state index in [1.807, 2.05) is 0 Å². The maximum atomic E-state index is 9.47. The molecule has 1 aromatic heterocycles. The van der Waals surface area contributed by atoms with Crippen LogP contribution in [0.2, 0.25) is 0 Å². The first-order valence-corrected chi connectivity index (χ1v) is 8.21. The lowest BCUT2D eigenvalue weighted by Crippen LogP contribution is -2.22. The number of nitriles is 1. The van der Waals surface area contributed by atoms with Crippen LogP contribution in [0.25, 0.3) is 0 Å². The van der Waals surface area contributed by atoms with E-state index in [2.05, 4.69) is 42.4 Å². The van der Waals surface area contributed by atoms with Gasteiger partial charge in [-0.1, -0.05) is 33.6 Å². The first-order chi connectivity index (χ1) is 10.2. The molecule has 1 aliphatic carbocycles. The van der Waals surface area contributed by atoms with Crippen molar-refractivity contribution >= 4 is 5.82 Å². The van der Waals surface area contributed by atoms with Gasteiger partial charge in [0.2, 0.25) is 0 Å². The Bertz CT molecular complexity index is 518. The van der Waals surface area contributed by atoms with Gasteiger partial charge in [0.1, 0.15) is 11.6 Å². The third kappa shape index (κ3) is 3.72. The Labute approximate surface area is 128 Å². The minimum atomic E-state index is 0.671. The zero-order valence-electron chi connectivity index (χ0n) is 13.4. The predicted octanol–water partition coefficient (Wildman–Crippen LogP) is 3.71. The van der Waals surface area contributed by atoms with Crippen LogP contribution in [0.3, 0.4) is 0 Å². The van der Waals surface area contributed by atoms with E-state index in [1.165, 1.54) is 25.7 Å². The summed E-state index contributed by atoms with van der Waals surface area (Å²) in [5.74, 6) is 2.18. The molecule has 1 N–H and O–H groups in total. The molecule has 0 bridgehead atoms. The van der Waals surface area contributed by atoms with Gasteiger partial charge in [-0.25, -0.2) is 0 Å². The molecule has 0 amide bonds. The summed E-state index contributed by atoms with van der Waals surface area (Å²) in [7, 11) is 0. The second-order valence-electron chi connectivity index (χ2n) is 6.19. The van der Waals surface area contributed by atoms with Gasteiger partial charge in [-0.2, -0.15) is 10.4 Å². The van der Waals surface area contributed by atoms with Crippen LogP contribution in [0, 0.1) is 23.2 Å². The van der Waals surface area contributed by atoms with Crippen molar-refractivity contribution in [2.45, 2.75) is 59.3 Å². The Kier molecular flexibility index (Phi) is 5.55. The van der Waals surface area contributed by atoms with Gasteiger partial charge in [0.25, 0.3) is 0 Å². The van der Waals surface area contributed by atoms with E-state index in [-0.39, 0.29) is 0 Å². The molecule has 2 unspecified atom stereocenters. The summed E-state index contributed by atoms with van der Waals surface area (Å²) in [6.07, 6.45) is 6.88. The van der Waals surface area contributed by atoms with E-state index in [4.69, 9.17) is 0 Å². The lowest BCUT2D eigenvalue weighted by molar-refractivity contribution is 0.293. The third-order valence-corrected chi connectivity index (χ3v) is 4.56. The van der Waals surface area contributed by atoms with Gasteiger partial charge < -0.3 is 5.32 Å². The zero-order valence-corrected chi connectivity index (χ0v) is 13.4. The SMILES string of the molecule is CCc1nnc(NCC2CCCC(C)C2)c(C#N)c1CC. The number of hydrogen-bond donors (Lipinski definition) is 1. The van der Waals surface area contributed by atoms with Gasteiger partial charge >= 0.3 is 0 Å². The quantitative estimate of drug-likeness (QED) is 0.896. The van der Waals surface area contributed by atoms with Crippen LogP contribution in [0.5, 0.6) is 0 Å². The lowest BCUT2D eigenvalue weighted by atomic mass is 9.82. The van der Waals surface area contributed by atoms with Gasteiger partial charge in [-0.15, -0.1) is 5.10 Å². The molecule has 0 spiro atoms. The van der Waals surface area contributed by atoms with Crippen LogP contribution in [0.15, 0.2) is 0 Å². The molecule has 21 heavy (non-hydrogen) atoms. The largest absolute Gasteiger partial charge is 0.367 e. The molecular weight excluding hydrogens is 260 g/mol. The van der Waals surface area contributed by atoms with Crippen molar-refractivity contribution in [3.63, 3.8) is 0 Å². The molecule has 1 heterocycles. The Hall–Kier alpha value is -1.63. The number of nitrogens with zero attached hydrogens (tertiary/aromatic N) is 3. The van der Waals surface area contributed by atoms with Crippen molar-refractivity contribution in [1.82, 2.24) is 10.2 Å². The molecule has 1 fully saturated rings. The minimum absolute atomic E-state index is 0.671. The molecule has 0 radical (unpaired) electrons. The van der Waals surface area contributed by atoms with Crippen LogP contribution in [0.4, 0.5) is 5.82 Å². The van der Waals surface area contributed by atoms with Crippen molar-refractivity contribution in [1.29, 1.82) is 5.26 Å². The number of anilines is 1. The second kappa shape index (κ2) is 7.40. The van der Waals surface area contributed by atoms with Crippen LogP contribution in [-0.4, -0.2) is 16.7 Å². The monoisotopic (exact) mass is 286 g/mol. The normalized spacial score (nSPS) is 21.8. The average Bonchev–Trinajstić information content (AvgIpc) is 2.51. The van der Waals surface area contributed by atoms with E-state index in [9.17, 15) is 5.26 Å². The Morgan fingerprint density at radius 3 is 2.67 bits per heavy atom. The number of hydrogen-bond acceptors (Lipinski definition) is 4. The highest BCUT2D eigenvalue weighted by molar-refractivity contribution is 5.56. The summed E-state index contributed by atoms with van der Waals surface area (Å²) in [4.78, 5) is 0. The molecule has 0 saturated heterocycles. The van der Waals surface area contributed by atoms with Crippen molar-refractivity contribution in [3.05, 3.63) is 16.8 Å². The molecule has 2 rings (SSSR count). The molecule has 1 aromatic rings. The van der Waals surface area contributed by atoms with Crippen LogP contribution < -0.4 is 5.32 Å². The summed E-state index contributed by atoms with van der Waals surface area (Å²) in [5.41, 5.74) is 2.69. The fourth-order valence-electron chi connectivity index (χ4n) is 3.40. The summed E-state index contributed by atoms with van der Waals surface area (Å²) < 4.78 is 0. The molecule has 114 valence electrons. The van der Waals surface area contributed by atoms with Crippen molar-refractivity contribution in [3.8, 4) is 6.07 Å². The molecule has 0 aromatic carbocycles. The number of rotatable bonds is 5. The van der Waals surface area contributed by atoms with Crippen LogP contribution in [0.1, 0.15) is 63.3 Å². The molecule has 1 saturated carbocycles. The van der Waals surface area contributed by atoms with E-state index in [1.54, 1.807) is 0 Å². The maximum absolute atomic E-state index is 9.47. The highest BCUT2D eigenvalue weighted by Gasteiger charge is 2.20. The fraction of sp³-hybridized carbons (Fsp3) is 0.706. The molecule has 2 atom stereocenters. The molecular formula is C17H26N4. The van der Waals surface area contributed by atoms with E-state index >= 15 is 0 Å². The average molecular weight is 286 g/mol. The summed E-state index contributed by atoms with van der Waals surface area (Å²) in [6.45, 7) is 7.37. The standard InChI is InChI=1S/C17H26N4/c1-4-14-15(10-18)17(21-20-16(14)5-2)19-11-13-8-6-7-12(3)9-13/h12-13H,4-9,11H2,1-3H3,(H,19,21). The van der Waals surface area contributed by atoms with Crippen LogP contribution >= 0.6 is 0 Å². The molecule has 4 heteroatoms. The number of aromatic nitrogens is 2. The van der Waals surface area contributed by atoms with E-state index < -0.39 is 0 Å². The Balaban J connectivity index is 2.11. The van der Waals surface area contributed by atoms with Crippen molar-refractivity contribution in [2.75, 3.05) is 11.9 Å². The predicted molar refractivity (Wildman–Crippen MR) is 85.1 cm³/mol. The van der Waals surface area contributed by atoms with Crippen LogP contribution in [-0.2, 0) is 12.8 Å². The summed E-state index contributed by atoms with van der Waals surface area (Å²) in [6, 6.07) is 2.32. The highest BCUT2D eigenvalue weighted by atomic mass is 15.2. The van der Waals surface area contributed by atoms with Crippen molar-refractivity contribution < 1.29 is 0 Å². The Morgan fingerprint density at radius 1 is 1.24 bits per heavy atom. The lowest BCUT2D eigenvalue weighted by Gasteiger charge is -2.27. The Morgan fingerprint density at radius 2 is 2.05 bits per heavy atom. The zero-order chi connectivity index (χ0) is 15.2. The second-order valence-corrected chi connectivity index (χ2v) is 6.19. The van der Waals surface area contributed by atoms with Gasteiger partial charge in [0.05, 0.1) is 5.69 Å². The number of nitrogens with one attached hydrogen (secondary N) is 1. The maximum Gasteiger partial charge on any atom is 0.166 e. The number of aryl methyl sites for hydroxylation is 1. The summed E-state index contributed by atoms with van der Waals surface area (Å²) >= 11 is 0.